The van der Waals surface area contributed by atoms with Gasteiger partial charge in [-0.2, -0.15) is 0 Å². The summed E-state index contributed by atoms with van der Waals surface area (Å²) in [5.41, 5.74) is 0.734. The van der Waals surface area contributed by atoms with Gasteiger partial charge in [-0.1, -0.05) is 24.3 Å². The van der Waals surface area contributed by atoms with Crippen LogP contribution in [0.4, 0.5) is 10.5 Å². The van der Waals surface area contributed by atoms with Crippen LogP contribution in [0.15, 0.2) is 36.4 Å². The maximum atomic E-state index is 11.8. The van der Waals surface area contributed by atoms with Gasteiger partial charge in [0.25, 0.3) is 0 Å². The lowest BCUT2D eigenvalue weighted by Gasteiger charge is -2.13. The number of urea groups is 1. The Hall–Kier alpha value is -1.57. The van der Waals surface area contributed by atoms with Crippen LogP contribution >= 0.6 is 22.6 Å². The summed E-state index contributed by atoms with van der Waals surface area (Å²) in [7, 11) is 0. The first kappa shape index (κ1) is 13.9. The molecular weight excluding hydrogens is 359 g/mol. The first-order valence-corrected chi connectivity index (χ1v) is 6.87. The molecule has 0 radical (unpaired) electrons. The van der Waals surface area contributed by atoms with Crippen LogP contribution < -0.4 is 10.6 Å². The highest BCUT2D eigenvalue weighted by Gasteiger charge is 2.25. The van der Waals surface area contributed by atoms with Crippen molar-refractivity contribution in [2.24, 2.45) is 5.92 Å². The summed E-state index contributed by atoms with van der Waals surface area (Å²) in [5.74, 6) is -1.37. The van der Waals surface area contributed by atoms with Gasteiger partial charge in [0.2, 0.25) is 0 Å². The lowest BCUT2D eigenvalue weighted by Crippen LogP contribution is -2.36. The van der Waals surface area contributed by atoms with Crippen LogP contribution in [-0.4, -0.2) is 23.1 Å². The number of carbonyl (C=O) groups excluding carboxylic acids is 1. The molecule has 2 rings (SSSR count). The molecule has 0 aliphatic heterocycles. The molecule has 2 amide bonds. The Labute approximate surface area is 124 Å². The Bertz CT molecular complexity index is 530. The number of anilines is 1. The average Bonchev–Trinajstić information content (AvgIpc) is 2.80. The van der Waals surface area contributed by atoms with Crippen molar-refractivity contribution in [3.8, 4) is 0 Å². The van der Waals surface area contributed by atoms with E-state index in [1.165, 1.54) is 0 Å². The Kier molecular flexibility index (Phi) is 4.41. The van der Waals surface area contributed by atoms with Crippen molar-refractivity contribution < 1.29 is 14.7 Å². The van der Waals surface area contributed by atoms with E-state index in [1.54, 1.807) is 12.2 Å². The number of benzene rings is 1. The van der Waals surface area contributed by atoms with Crippen LogP contribution in [-0.2, 0) is 4.79 Å². The molecule has 6 heteroatoms. The van der Waals surface area contributed by atoms with Gasteiger partial charge in [-0.15, -0.1) is 0 Å². The SMILES string of the molecule is O=C(Nc1ccccc1I)NC1C=CC(C(=O)O)C1. The molecule has 2 atom stereocenters. The molecule has 1 aliphatic rings. The van der Waals surface area contributed by atoms with E-state index in [0.717, 1.165) is 9.26 Å². The normalized spacial score (nSPS) is 21.1. The van der Waals surface area contributed by atoms with E-state index < -0.39 is 11.9 Å². The summed E-state index contributed by atoms with van der Waals surface area (Å²) in [6.45, 7) is 0. The van der Waals surface area contributed by atoms with Gasteiger partial charge in [-0.05, 0) is 41.1 Å². The zero-order valence-electron chi connectivity index (χ0n) is 9.97. The van der Waals surface area contributed by atoms with E-state index in [1.807, 2.05) is 24.3 Å². The first-order chi connectivity index (χ1) is 9.06. The molecule has 0 saturated carbocycles. The minimum Gasteiger partial charge on any atom is -0.481 e. The van der Waals surface area contributed by atoms with E-state index in [0.29, 0.717) is 6.42 Å². The molecule has 0 saturated heterocycles. The molecule has 0 fully saturated rings. The Morgan fingerprint density at radius 2 is 2.00 bits per heavy atom. The number of carboxylic acid groups (broad SMARTS) is 1. The number of carbonyl (C=O) groups is 2. The molecule has 1 aromatic carbocycles. The second kappa shape index (κ2) is 6.05. The van der Waals surface area contributed by atoms with Gasteiger partial charge < -0.3 is 15.7 Å². The fraction of sp³-hybridized carbons (Fsp3) is 0.231. The van der Waals surface area contributed by atoms with Crippen LogP contribution in [0.25, 0.3) is 0 Å². The van der Waals surface area contributed by atoms with Gasteiger partial charge in [0, 0.05) is 3.57 Å². The van der Waals surface area contributed by atoms with Crippen molar-refractivity contribution in [3.63, 3.8) is 0 Å². The van der Waals surface area contributed by atoms with Crippen LogP contribution in [0.1, 0.15) is 6.42 Å². The molecule has 0 heterocycles. The van der Waals surface area contributed by atoms with Crippen molar-refractivity contribution in [2.75, 3.05) is 5.32 Å². The number of carboxylic acids is 1. The van der Waals surface area contributed by atoms with Crippen molar-refractivity contribution in [1.29, 1.82) is 0 Å². The number of amides is 2. The minimum atomic E-state index is -0.862. The predicted octanol–water partition coefficient (Wildman–Crippen LogP) is 2.44. The quantitative estimate of drug-likeness (QED) is 0.564. The van der Waals surface area contributed by atoms with Crippen molar-refractivity contribution in [3.05, 3.63) is 40.0 Å². The molecule has 1 aliphatic carbocycles. The monoisotopic (exact) mass is 372 g/mol. The zero-order chi connectivity index (χ0) is 13.8. The molecule has 0 bridgehead atoms. The summed E-state index contributed by atoms with van der Waals surface area (Å²) in [5, 5.41) is 14.3. The third kappa shape index (κ3) is 3.69. The molecule has 1 aromatic rings. The third-order valence-corrected chi connectivity index (χ3v) is 3.78. The fourth-order valence-electron chi connectivity index (χ4n) is 1.88. The predicted molar refractivity (Wildman–Crippen MR) is 80.0 cm³/mol. The largest absolute Gasteiger partial charge is 0.481 e. The number of rotatable bonds is 3. The minimum absolute atomic E-state index is 0.234. The summed E-state index contributed by atoms with van der Waals surface area (Å²) >= 11 is 2.14. The van der Waals surface area contributed by atoms with Gasteiger partial charge in [0.05, 0.1) is 17.6 Å². The Morgan fingerprint density at radius 3 is 2.63 bits per heavy atom. The number of aliphatic carboxylic acids is 1. The van der Waals surface area contributed by atoms with Crippen LogP contribution in [0.5, 0.6) is 0 Å². The van der Waals surface area contributed by atoms with E-state index in [4.69, 9.17) is 5.11 Å². The van der Waals surface area contributed by atoms with Crippen LogP contribution in [0, 0.1) is 9.49 Å². The highest BCUT2D eigenvalue weighted by molar-refractivity contribution is 14.1. The van der Waals surface area contributed by atoms with E-state index in [-0.39, 0.29) is 12.1 Å². The first-order valence-electron chi connectivity index (χ1n) is 5.79. The molecule has 0 aromatic heterocycles. The van der Waals surface area contributed by atoms with Crippen LogP contribution in [0.3, 0.4) is 0 Å². The van der Waals surface area contributed by atoms with Gasteiger partial charge >= 0.3 is 12.0 Å². The standard InChI is InChI=1S/C13H13IN2O3/c14-10-3-1-2-4-11(10)16-13(19)15-9-6-5-8(7-9)12(17)18/h1-6,8-9H,7H2,(H,17,18)(H2,15,16,19). The Morgan fingerprint density at radius 1 is 1.26 bits per heavy atom. The highest BCUT2D eigenvalue weighted by atomic mass is 127. The molecule has 5 nitrogen and oxygen atoms in total. The second-order valence-electron chi connectivity index (χ2n) is 4.25. The molecule has 2 unspecified atom stereocenters. The van der Waals surface area contributed by atoms with Gasteiger partial charge in [0.1, 0.15) is 0 Å². The van der Waals surface area contributed by atoms with E-state index in [2.05, 4.69) is 33.2 Å². The van der Waals surface area contributed by atoms with Crippen molar-refractivity contribution in [1.82, 2.24) is 5.32 Å². The molecule has 0 spiro atoms. The highest BCUT2D eigenvalue weighted by Crippen LogP contribution is 2.19. The van der Waals surface area contributed by atoms with E-state index in [9.17, 15) is 9.59 Å². The van der Waals surface area contributed by atoms with Gasteiger partial charge in [-0.3, -0.25) is 4.79 Å². The molecule has 3 N–H and O–H groups in total. The number of hydrogen-bond donors (Lipinski definition) is 3. The number of halogens is 1. The maximum Gasteiger partial charge on any atom is 0.319 e. The van der Waals surface area contributed by atoms with E-state index >= 15 is 0 Å². The topological polar surface area (TPSA) is 78.4 Å². The summed E-state index contributed by atoms with van der Waals surface area (Å²) in [6, 6.07) is 6.88. The molecule has 100 valence electrons. The zero-order valence-corrected chi connectivity index (χ0v) is 12.1. The van der Waals surface area contributed by atoms with Gasteiger partial charge in [-0.25, -0.2) is 4.79 Å². The number of nitrogens with one attached hydrogen (secondary N) is 2. The summed E-state index contributed by atoms with van der Waals surface area (Å²) in [6.07, 6.45) is 3.72. The van der Waals surface area contributed by atoms with Crippen molar-refractivity contribution >= 4 is 40.3 Å². The average molecular weight is 372 g/mol. The second-order valence-corrected chi connectivity index (χ2v) is 5.41. The summed E-state index contributed by atoms with van der Waals surface area (Å²) in [4.78, 5) is 22.6. The third-order valence-electron chi connectivity index (χ3n) is 2.84. The summed E-state index contributed by atoms with van der Waals surface area (Å²) < 4.78 is 0.945. The smallest absolute Gasteiger partial charge is 0.319 e. The lowest BCUT2D eigenvalue weighted by atomic mass is 10.1. The maximum absolute atomic E-state index is 11.8. The molecule has 19 heavy (non-hydrogen) atoms. The fourth-order valence-corrected chi connectivity index (χ4v) is 2.40. The van der Waals surface area contributed by atoms with Crippen LogP contribution in [0.2, 0.25) is 0 Å². The number of para-hydroxylation sites is 1. The molecular formula is C13H13IN2O3. The Balaban J connectivity index is 1.88. The number of hydrogen-bond acceptors (Lipinski definition) is 2. The van der Waals surface area contributed by atoms with Crippen molar-refractivity contribution in [2.45, 2.75) is 12.5 Å². The van der Waals surface area contributed by atoms with Gasteiger partial charge in [0.15, 0.2) is 0 Å². The lowest BCUT2D eigenvalue weighted by molar-refractivity contribution is -0.140.